The van der Waals surface area contributed by atoms with Gasteiger partial charge in [0.15, 0.2) is 0 Å². The summed E-state index contributed by atoms with van der Waals surface area (Å²) in [4.78, 5) is 2.80. The molecule has 0 fully saturated rings. The molecule has 2 heterocycles. The molecule has 2 aromatic heterocycles. The molecule has 0 saturated carbocycles. The minimum Gasteiger partial charge on any atom is -0.148 e. The molecule has 0 aliphatic rings. The van der Waals surface area contributed by atoms with E-state index in [0.717, 1.165) is 17.2 Å². The second-order valence-corrected chi connectivity index (χ2v) is 6.86. The summed E-state index contributed by atoms with van der Waals surface area (Å²) in [6.45, 7) is 4.29. The summed E-state index contributed by atoms with van der Waals surface area (Å²) in [5.41, 5.74) is 0. The van der Waals surface area contributed by atoms with Crippen LogP contribution >= 0.6 is 50.2 Å². The smallest absolute Gasteiger partial charge is 0.0931 e. The summed E-state index contributed by atoms with van der Waals surface area (Å²) in [5, 5.41) is 2.11. The van der Waals surface area contributed by atoms with Crippen LogP contribution in [0.25, 0.3) is 0 Å². The van der Waals surface area contributed by atoms with Crippen LogP contribution < -0.4 is 0 Å². The van der Waals surface area contributed by atoms with E-state index in [1.54, 1.807) is 22.7 Å². The van der Waals surface area contributed by atoms with E-state index in [4.69, 9.17) is 11.6 Å². The Labute approximate surface area is 118 Å². The number of thiophene rings is 2. The molecule has 2 rings (SSSR count). The average Bonchev–Trinajstić information content (AvgIpc) is 2.88. The van der Waals surface area contributed by atoms with Crippen molar-refractivity contribution in [3.63, 3.8) is 0 Å². The second kappa shape index (κ2) is 7.49. The van der Waals surface area contributed by atoms with E-state index in [1.165, 1.54) is 14.2 Å². The fourth-order valence-electron chi connectivity index (χ4n) is 1.08. The van der Waals surface area contributed by atoms with Gasteiger partial charge in [-0.1, -0.05) is 25.4 Å². The van der Waals surface area contributed by atoms with Gasteiger partial charge >= 0.3 is 0 Å². The normalized spacial score (nSPS) is 9.75. The SMILES string of the molecule is CCc1cc(Br)cs1.CCc1ccc(Cl)s1. The zero-order valence-electron chi connectivity index (χ0n) is 9.30. The maximum Gasteiger partial charge on any atom is 0.0931 e. The molecule has 0 nitrogen and oxygen atoms in total. The monoisotopic (exact) mass is 336 g/mol. The molecule has 2 aromatic rings. The van der Waals surface area contributed by atoms with Crippen LogP contribution in [0.15, 0.2) is 28.1 Å². The van der Waals surface area contributed by atoms with E-state index in [-0.39, 0.29) is 0 Å². The summed E-state index contributed by atoms with van der Waals surface area (Å²) in [5.74, 6) is 0. The number of rotatable bonds is 2. The minimum absolute atomic E-state index is 0.891. The quantitative estimate of drug-likeness (QED) is 0.627. The van der Waals surface area contributed by atoms with E-state index < -0.39 is 0 Å². The highest BCUT2D eigenvalue weighted by molar-refractivity contribution is 9.10. The largest absolute Gasteiger partial charge is 0.148 e. The summed E-state index contributed by atoms with van der Waals surface area (Å²) < 4.78 is 2.10. The molecule has 0 amide bonds. The lowest BCUT2D eigenvalue weighted by atomic mass is 10.4. The van der Waals surface area contributed by atoms with Crippen molar-refractivity contribution >= 4 is 50.2 Å². The van der Waals surface area contributed by atoms with Crippen molar-refractivity contribution in [1.29, 1.82) is 0 Å². The highest BCUT2D eigenvalue weighted by Gasteiger charge is 1.91. The molecule has 0 atom stereocenters. The Morgan fingerprint density at radius 3 is 2.12 bits per heavy atom. The molecular weight excluding hydrogens is 324 g/mol. The van der Waals surface area contributed by atoms with Crippen molar-refractivity contribution in [2.45, 2.75) is 26.7 Å². The van der Waals surface area contributed by atoms with Crippen LogP contribution in [0.3, 0.4) is 0 Å². The molecule has 0 aliphatic heterocycles. The third kappa shape index (κ3) is 5.00. The Bertz CT molecular complexity index is 380. The highest BCUT2D eigenvalue weighted by atomic mass is 79.9. The van der Waals surface area contributed by atoms with Gasteiger partial charge in [0, 0.05) is 19.6 Å². The molecular formula is C12H14BrClS2. The van der Waals surface area contributed by atoms with Gasteiger partial charge < -0.3 is 0 Å². The van der Waals surface area contributed by atoms with Crippen LogP contribution in [0, 0.1) is 0 Å². The van der Waals surface area contributed by atoms with Gasteiger partial charge in [0.25, 0.3) is 0 Å². The molecule has 0 aromatic carbocycles. The topological polar surface area (TPSA) is 0 Å². The first-order chi connectivity index (χ1) is 7.65. The van der Waals surface area contributed by atoms with Gasteiger partial charge in [0.05, 0.1) is 4.34 Å². The van der Waals surface area contributed by atoms with E-state index >= 15 is 0 Å². The van der Waals surface area contributed by atoms with E-state index in [0.29, 0.717) is 0 Å². The molecule has 0 aliphatic carbocycles. The second-order valence-electron chi connectivity index (χ2n) is 3.14. The van der Waals surface area contributed by atoms with Crippen LogP contribution in [-0.2, 0) is 12.8 Å². The Kier molecular flexibility index (Phi) is 6.66. The van der Waals surface area contributed by atoms with Crippen molar-refractivity contribution in [2.24, 2.45) is 0 Å². The first-order valence-electron chi connectivity index (χ1n) is 5.12. The van der Waals surface area contributed by atoms with Crippen LogP contribution in [0.1, 0.15) is 23.6 Å². The molecule has 0 spiro atoms. The highest BCUT2D eigenvalue weighted by Crippen LogP contribution is 2.21. The van der Waals surface area contributed by atoms with Crippen LogP contribution in [-0.4, -0.2) is 0 Å². The molecule has 0 unspecified atom stereocenters. The van der Waals surface area contributed by atoms with E-state index in [2.05, 4.69) is 47.3 Å². The Balaban J connectivity index is 0.000000160. The lowest BCUT2D eigenvalue weighted by molar-refractivity contribution is 1.18. The molecule has 4 heteroatoms. The Morgan fingerprint density at radius 2 is 1.88 bits per heavy atom. The number of aryl methyl sites for hydroxylation is 2. The van der Waals surface area contributed by atoms with E-state index in [9.17, 15) is 0 Å². The molecule has 0 radical (unpaired) electrons. The van der Waals surface area contributed by atoms with Crippen LogP contribution in [0.5, 0.6) is 0 Å². The van der Waals surface area contributed by atoms with Crippen molar-refractivity contribution in [2.75, 3.05) is 0 Å². The molecule has 0 N–H and O–H groups in total. The van der Waals surface area contributed by atoms with Gasteiger partial charge in [-0.2, -0.15) is 0 Å². The number of hydrogen-bond acceptors (Lipinski definition) is 2. The maximum atomic E-state index is 5.66. The van der Waals surface area contributed by atoms with Gasteiger partial charge in [-0.15, -0.1) is 22.7 Å². The van der Waals surface area contributed by atoms with Gasteiger partial charge in [-0.3, -0.25) is 0 Å². The fraction of sp³-hybridized carbons (Fsp3) is 0.333. The Hall–Kier alpha value is 0.170. The van der Waals surface area contributed by atoms with Crippen molar-refractivity contribution < 1.29 is 0 Å². The predicted octanol–water partition coefficient (Wildman–Crippen LogP) is 6.04. The summed E-state index contributed by atoms with van der Waals surface area (Å²) in [6, 6.07) is 6.16. The zero-order valence-corrected chi connectivity index (χ0v) is 13.3. The first-order valence-corrected chi connectivity index (χ1v) is 7.99. The predicted molar refractivity (Wildman–Crippen MR) is 80.1 cm³/mol. The van der Waals surface area contributed by atoms with Crippen molar-refractivity contribution in [1.82, 2.24) is 0 Å². The van der Waals surface area contributed by atoms with Gasteiger partial charge in [-0.05, 0) is 47.0 Å². The third-order valence-corrected chi connectivity index (χ3v) is 5.16. The number of halogens is 2. The van der Waals surface area contributed by atoms with Crippen LogP contribution in [0.2, 0.25) is 4.34 Å². The molecule has 0 saturated heterocycles. The average molecular weight is 338 g/mol. The lowest BCUT2D eigenvalue weighted by Gasteiger charge is -1.79. The third-order valence-electron chi connectivity index (χ3n) is 1.95. The molecule has 16 heavy (non-hydrogen) atoms. The summed E-state index contributed by atoms with van der Waals surface area (Å²) in [7, 11) is 0. The van der Waals surface area contributed by atoms with Crippen LogP contribution in [0.4, 0.5) is 0 Å². The molecule has 0 bridgehead atoms. The van der Waals surface area contributed by atoms with E-state index in [1.807, 2.05) is 6.07 Å². The van der Waals surface area contributed by atoms with Gasteiger partial charge in [-0.25, -0.2) is 0 Å². The number of hydrogen-bond donors (Lipinski definition) is 0. The zero-order chi connectivity index (χ0) is 12.0. The first kappa shape index (κ1) is 14.2. The Morgan fingerprint density at radius 1 is 1.19 bits per heavy atom. The van der Waals surface area contributed by atoms with Gasteiger partial charge in [0.2, 0.25) is 0 Å². The van der Waals surface area contributed by atoms with Crippen molar-refractivity contribution in [3.05, 3.63) is 42.1 Å². The summed E-state index contributed by atoms with van der Waals surface area (Å²) >= 11 is 12.5. The van der Waals surface area contributed by atoms with Gasteiger partial charge in [0.1, 0.15) is 0 Å². The maximum absolute atomic E-state index is 5.66. The lowest BCUT2D eigenvalue weighted by Crippen LogP contribution is -1.64. The summed E-state index contributed by atoms with van der Waals surface area (Å²) in [6.07, 6.45) is 2.24. The fourth-order valence-corrected chi connectivity index (χ4v) is 3.51. The standard InChI is InChI=1S/C6H7BrS.C6H7ClS/c1-2-6-3-5(7)4-8-6;1-2-5-3-4-6(7)8-5/h2*3-4H,2H2,1H3. The minimum atomic E-state index is 0.891. The van der Waals surface area contributed by atoms with Crippen molar-refractivity contribution in [3.8, 4) is 0 Å². The molecule has 88 valence electrons.